The largest absolute Gasteiger partial charge is 0.352 e. The van der Waals surface area contributed by atoms with Gasteiger partial charge in [0.25, 0.3) is 5.91 Å². The van der Waals surface area contributed by atoms with Gasteiger partial charge in [0.05, 0.1) is 10.6 Å². The van der Waals surface area contributed by atoms with Crippen molar-refractivity contribution < 1.29 is 13.6 Å². The third kappa shape index (κ3) is 4.30. The summed E-state index contributed by atoms with van der Waals surface area (Å²) in [4.78, 5) is 11.9. The Morgan fingerprint density at radius 1 is 1.40 bits per heavy atom. The number of hydrogen-bond acceptors (Lipinski definition) is 2. The number of amides is 1. The molecule has 3 nitrogen and oxygen atoms in total. The standard InChI is InChI=1S/C13H15ClF2N2O.ClH/c14-10-5-12(16)11(15)4-9(10)13(19)18-7-8-2-1-3-17-6-8;/h4-5,8,17H,1-3,6-7H2,(H,18,19);1H. The molecule has 112 valence electrons. The van der Waals surface area contributed by atoms with Gasteiger partial charge in [0.2, 0.25) is 0 Å². The van der Waals surface area contributed by atoms with Crippen molar-refractivity contribution >= 4 is 29.9 Å². The molecule has 0 saturated carbocycles. The number of benzene rings is 1. The molecule has 2 N–H and O–H groups in total. The Kier molecular flexibility index (Phi) is 6.65. The van der Waals surface area contributed by atoms with Crippen molar-refractivity contribution in [2.45, 2.75) is 12.8 Å². The van der Waals surface area contributed by atoms with Crippen LogP contribution in [0.25, 0.3) is 0 Å². The molecule has 0 aliphatic carbocycles. The lowest BCUT2D eigenvalue weighted by Crippen LogP contribution is -2.38. The summed E-state index contributed by atoms with van der Waals surface area (Å²) in [7, 11) is 0. The fraction of sp³-hybridized carbons (Fsp3) is 0.462. The molecular formula is C13H16Cl2F2N2O. The highest BCUT2D eigenvalue weighted by atomic mass is 35.5. The zero-order valence-corrected chi connectivity index (χ0v) is 12.3. The Hall–Kier alpha value is -0.910. The topological polar surface area (TPSA) is 41.1 Å². The monoisotopic (exact) mass is 324 g/mol. The van der Waals surface area contributed by atoms with Crippen LogP contribution in [0.15, 0.2) is 12.1 Å². The van der Waals surface area contributed by atoms with E-state index in [1.54, 1.807) is 0 Å². The minimum absolute atomic E-state index is 0. The molecule has 1 aliphatic heterocycles. The van der Waals surface area contributed by atoms with E-state index < -0.39 is 17.5 Å². The fourth-order valence-electron chi connectivity index (χ4n) is 2.13. The van der Waals surface area contributed by atoms with Crippen molar-refractivity contribution in [3.05, 3.63) is 34.4 Å². The summed E-state index contributed by atoms with van der Waals surface area (Å²) in [5.41, 5.74) is -0.0377. The third-order valence-electron chi connectivity index (χ3n) is 3.20. The van der Waals surface area contributed by atoms with E-state index in [1.807, 2.05) is 0 Å². The van der Waals surface area contributed by atoms with Crippen LogP contribution in [0.5, 0.6) is 0 Å². The van der Waals surface area contributed by atoms with Crippen LogP contribution in [0.1, 0.15) is 23.2 Å². The first-order valence-corrected chi connectivity index (χ1v) is 6.59. The van der Waals surface area contributed by atoms with Crippen LogP contribution in [0, 0.1) is 17.6 Å². The molecule has 1 aromatic carbocycles. The maximum absolute atomic E-state index is 13.1. The van der Waals surface area contributed by atoms with Crippen molar-refractivity contribution in [2.24, 2.45) is 5.92 Å². The van der Waals surface area contributed by atoms with Gasteiger partial charge in [0.1, 0.15) is 0 Å². The van der Waals surface area contributed by atoms with Gasteiger partial charge in [-0.1, -0.05) is 11.6 Å². The number of rotatable bonds is 3. The molecule has 1 unspecified atom stereocenters. The molecule has 0 radical (unpaired) electrons. The molecule has 0 bridgehead atoms. The number of nitrogens with one attached hydrogen (secondary N) is 2. The summed E-state index contributed by atoms with van der Waals surface area (Å²) in [6, 6.07) is 1.64. The van der Waals surface area contributed by atoms with Crippen LogP contribution in [0.3, 0.4) is 0 Å². The van der Waals surface area contributed by atoms with Crippen LogP contribution >= 0.6 is 24.0 Å². The van der Waals surface area contributed by atoms with Gasteiger partial charge >= 0.3 is 0 Å². The third-order valence-corrected chi connectivity index (χ3v) is 3.52. The fourth-order valence-corrected chi connectivity index (χ4v) is 2.36. The molecule has 1 aromatic rings. The Morgan fingerprint density at radius 3 is 2.75 bits per heavy atom. The highest BCUT2D eigenvalue weighted by Crippen LogP contribution is 2.20. The first kappa shape index (κ1) is 17.1. The van der Waals surface area contributed by atoms with Gasteiger partial charge < -0.3 is 10.6 Å². The second-order valence-corrected chi connectivity index (χ2v) is 5.08. The van der Waals surface area contributed by atoms with Crippen LogP contribution in [-0.2, 0) is 0 Å². The highest BCUT2D eigenvalue weighted by Gasteiger charge is 2.17. The lowest BCUT2D eigenvalue weighted by Gasteiger charge is -2.22. The maximum Gasteiger partial charge on any atom is 0.252 e. The van der Waals surface area contributed by atoms with Crippen molar-refractivity contribution in [3.63, 3.8) is 0 Å². The van der Waals surface area contributed by atoms with E-state index in [1.165, 1.54) is 0 Å². The minimum Gasteiger partial charge on any atom is -0.352 e. The first-order chi connectivity index (χ1) is 9.08. The summed E-state index contributed by atoms with van der Waals surface area (Å²) < 4.78 is 26.0. The van der Waals surface area contributed by atoms with Gasteiger partial charge in [-0.3, -0.25) is 4.79 Å². The average molecular weight is 325 g/mol. The van der Waals surface area contributed by atoms with Gasteiger partial charge in [-0.15, -0.1) is 12.4 Å². The van der Waals surface area contributed by atoms with Gasteiger partial charge in [0, 0.05) is 6.54 Å². The smallest absolute Gasteiger partial charge is 0.252 e. The lowest BCUT2D eigenvalue weighted by atomic mass is 9.99. The Labute approximate surface area is 127 Å². The number of hydrogen-bond donors (Lipinski definition) is 2. The number of carbonyl (C=O) groups excluding carboxylic acids is 1. The lowest BCUT2D eigenvalue weighted by molar-refractivity contribution is 0.0944. The van der Waals surface area contributed by atoms with Crippen molar-refractivity contribution in [1.29, 1.82) is 0 Å². The van der Waals surface area contributed by atoms with Crippen LogP contribution in [0.4, 0.5) is 8.78 Å². The predicted octanol–water partition coefficient (Wildman–Crippen LogP) is 2.77. The SMILES string of the molecule is Cl.O=C(NCC1CCCNC1)c1cc(F)c(F)cc1Cl. The molecule has 1 heterocycles. The predicted molar refractivity (Wildman–Crippen MR) is 76.5 cm³/mol. The summed E-state index contributed by atoms with van der Waals surface area (Å²) >= 11 is 5.74. The Morgan fingerprint density at radius 2 is 2.10 bits per heavy atom. The van der Waals surface area contributed by atoms with Crippen LogP contribution < -0.4 is 10.6 Å². The molecule has 1 amide bonds. The minimum atomic E-state index is -1.08. The van der Waals surface area contributed by atoms with E-state index in [9.17, 15) is 13.6 Å². The Bertz CT molecular complexity index is 480. The number of piperidine rings is 1. The van der Waals surface area contributed by atoms with Crippen molar-refractivity contribution in [3.8, 4) is 0 Å². The molecule has 20 heavy (non-hydrogen) atoms. The number of carbonyl (C=O) groups is 1. The summed E-state index contributed by atoms with van der Waals surface area (Å²) in [5, 5.41) is 5.86. The molecule has 1 fully saturated rings. The quantitative estimate of drug-likeness (QED) is 0.839. The highest BCUT2D eigenvalue weighted by molar-refractivity contribution is 6.33. The Balaban J connectivity index is 0.00000200. The average Bonchev–Trinajstić information content (AvgIpc) is 2.41. The van der Waals surface area contributed by atoms with Crippen LogP contribution in [-0.4, -0.2) is 25.5 Å². The van der Waals surface area contributed by atoms with E-state index >= 15 is 0 Å². The van der Waals surface area contributed by atoms with Crippen molar-refractivity contribution in [1.82, 2.24) is 10.6 Å². The van der Waals surface area contributed by atoms with E-state index in [-0.39, 0.29) is 23.0 Å². The van der Waals surface area contributed by atoms with Gasteiger partial charge in [-0.2, -0.15) is 0 Å². The van der Waals surface area contributed by atoms with Crippen molar-refractivity contribution in [2.75, 3.05) is 19.6 Å². The molecule has 1 atom stereocenters. The zero-order valence-electron chi connectivity index (χ0n) is 10.7. The van der Waals surface area contributed by atoms with Gasteiger partial charge in [-0.05, 0) is 44.0 Å². The molecule has 7 heteroatoms. The van der Waals surface area contributed by atoms with Gasteiger partial charge in [-0.25, -0.2) is 8.78 Å². The summed E-state index contributed by atoms with van der Waals surface area (Å²) in [5.74, 6) is -2.25. The van der Waals surface area contributed by atoms with E-state index in [0.717, 1.165) is 38.1 Å². The maximum atomic E-state index is 13.1. The first-order valence-electron chi connectivity index (χ1n) is 6.21. The van der Waals surface area contributed by atoms with E-state index in [0.29, 0.717) is 12.5 Å². The summed E-state index contributed by atoms with van der Waals surface area (Å²) in [6.45, 7) is 2.35. The molecule has 1 saturated heterocycles. The molecule has 2 rings (SSSR count). The zero-order chi connectivity index (χ0) is 13.8. The van der Waals surface area contributed by atoms with Gasteiger partial charge in [0.15, 0.2) is 11.6 Å². The molecule has 1 aliphatic rings. The second-order valence-electron chi connectivity index (χ2n) is 4.67. The summed E-state index contributed by atoms with van der Waals surface area (Å²) in [6.07, 6.45) is 2.12. The number of halogens is 4. The van der Waals surface area contributed by atoms with E-state index in [4.69, 9.17) is 11.6 Å². The van der Waals surface area contributed by atoms with E-state index in [2.05, 4.69) is 10.6 Å². The molecular weight excluding hydrogens is 309 g/mol. The molecule has 0 aromatic heterocycles. The normalized spacial score (nSPS) is 18.2. The second kappa shape index (κ2) is 7.76. The van der Waals surface area contributed by atoms with Crippen LogP contribution in [0.2, 0.25) is 5.02 Å². The molecule has 0 spiro atoms.